The molecule has 3 aliphatic heterocycles. The SMILES string of the molecule is NCc1ccncc1.O=C(NCc1cccnc1)C(NCc1ccncc1)c1ccc2c(c1)OCO2.O=C(NCc1cccnc1)C(c1ccc2c(c1)OCO2)N(Cc1ccncc1)C(=O)C(F)(F)F.O=C(O)C(F)(F)F.O=Cc1ccc2c(c1)OCO2.[C-]#[N+]Cc1cccnc1. The number of hydrogen-bond donors (Lipinski definition) is 5. The molecule has 9 heterocycles. The molecule has 2 atom stereocenters. The number of carbonyl (C=O) groups is 5. The molecule has 24 nitrogen and oxygen atoms in total. The van der Waals surface area contributed by atoms with E-state index < -0.39 is 48.8 Å². The Kier molecular flexibility index (Phi) is 27.6. The number of aldehydes is 1. The van der Waals surface area contributed by atoms with Gasteiger partial charge in [-0.1, -0.05) is 24.3 Å². The van der Waals surface area contributed by atoms with Crippen molar-refractivity contribution in [3.63, 3.8) is 0 Å². The third kappa shape index (κ3) is 23.5. The molecule has 2 unspecified atom stereocenters. The predicted molar refractivity (Wildman–Crippen MR) is 333 cm³/mol. The van der Waals surface area contributed by atoms with Crippen molar-refractivity contribution in [1.29, 1.82) is 0 Å². The van der Waals surface area contributed by atoms with Crippen LogP contribution in [-0.4, -0.2) is 103 Å². The number of aromatic nitrogens is 6. The quantitative estimate of drug-likeness (QED) is 0.0322. The number of hydrogen-bond acceptors (Lipinski definition) is 19. The number of alkyl halides is 6. The van der Waals surface area contributed by atoms with Crippen LogP contribution in [0.5, 0.6) is 34.5 Å². The van der Waals surface area contributed by atoms with Gasteiger partial charge >= 0.3 is 24.2 Å². The highest BCUT2D eigenvalue weighted by Crippen LogP contribution is 2.38. The maximum absolute atomic E-state index is 13.6. The zero-order valence-corrected chi connectivity index (χ0v) is 51.0. The van der Waals surface area contributed by atoms with E-state index in [1.54, 1.807) is 86.1 Å². The number of aliphatic carboxylic acids is 1. The fourth-order valence-corrected chi connectivity index (χ4v) is 8.53. The monoisotopic (exact) mass is 1340 g/mol. The second kappa shape index (κ2) is 37.0. The molecule has 97 heavy (non-hydrogen) atoms. The first-order chi connectivity index (χ1) is 46.8. The molecule has 0 fully saturated rings. The number of nitrogens with one attached hydrogen (secondary N) is 3. The van der Waals surface area contributed by atoms with E-state index in [0.717, 1.165) is 34.1 Å². The number of pyridine rings is 6. The van der Waals surface area contributed by atoms with Crippen molar-refractivity contribution in [2.24, 2.45) is 5.73 Å². The molecular weight excluding hydrogens is 1280 g/mol. The lowest BCUT2D eigenvalue weighted by atomic mass is 10.0. The Morgan fingerprint density at radius 1 is 0.526 bits per heavy atom. The minimum atomic E-state index is -5.20. The van der Waals surface area contributed by atoms with Gasteiger partial charge < -0.3 is 59.6 Å². The van der Waals surface area contributed by atoms with E-state index in [4.69, 9.17) is 50.6 Å². The van der Waals surface area contributed by atoms with Gasteiger partial charge in [0, 0.05) is 118 Å². The number of fused-ring (bicyclic) bond motifs is 3. The fourth-order valence-electron chi connectivity index (χ4n) is 8.53. The molecule has 30 heteroatoms. The predicted octanol–water partition coefficient (Wildman–Crippen LogP) is 9.41. The molecular formula is C67H60F6N12O12. The standard InChI is InChI=1S/C23H19F3N4O4.C21H20N4O3.C8H6O3.C7H6N2.C6H8N2.C2HF3O2/c24-23(25,26)22(32)30(13-15-5-8-27-9-6-15)20(17-3-4-18-19(10-17)34-14-33-18)21(31)29-12-16-2-1-7-28-11-16;26-21(25-13-16-2-1-7-23-11-16)20(24-12-15-5-8-22-9-6-15)17-3-4-18-19(10-17)28-14-27-18;9-4-6-1-2-7-8(3-6)11-5-10-7;1-8-5-7-3-2-4-9-6-7;7-5-6-1-3-8-4-2-6;3-2(4,5)1(6)7/h1-11,20H,12-14H2,(H,29,31);1-11,20,24H,12-14H2,(H,25,26);1-4H,5H2;2-4,6H,5H2;1-4H,5,7H2;(H,6,7). The Morgan fingerprint density at radius 3 is 1.40 bits per heavy atom. The van der Waals surface area contributed by atoms with Gasteiger partial charge in [0.15, 0.2) is 34.5 Å². The van der Waals surface area contributed by atoms with E-state index in [1.165, 1.54) is 48.9 Å². The lowest BCUT2D eigenvalue weighted by Crippen LogP contribution is -2.48. The van der Waals surface area contributed by atoms with E-state index in [-0.39, 0.29) is 44.1 Å². The number of nitrogens with two attached hydrogens (primary N) is 1. The lowest BCUT2D eigenvalue weighted by Gasteiger charge is -2.32. The van der Waals surface area contributed by atoms with Gasteiger partial charge in [0.1, 0.15) is 18.4 Å². The first-order valence-corrected chi connectivity index (χ1v) is 28.8. The van der Waals surface area contributed by atoms with Gasteiger partial charge in [-0.05, 0) is 142 Å². The molecule has 6 N–H and O–H groups in total. The van der Waals surface area contributed by atoms with Gasteiger partial charge in [0.2, 0.25) is 38.7 Å². The molecule has 502 valence electrons. The Labute approximate surface area is 550 Å². The molecule has 0 bridgehead atoms. The zero-order valence-electron chi connectivity index (χ0n) is 51.0. The Bertz CT molecular complexity index is 4010. The number of ether oxygens (including phenoxy) is 6. The third-order valence-electron chi connectivity index (χ3n) is 13.3. The van der Waals surface area contributed by atoms with Crippen LogP contribution in [0.25, 0.3) is 4.85 Å². The number of nitrogens with zero attached hydrogens (tertiary/aromatic N) is 8. The Balaban J connectivity index is 0.000000185. The molecule has 3 amide bonds. The molecule has 12 rings (SSSR count). The summed E-state index contributed by atoms with van der Waals surface area (Å²) in [6, 6.07) is 34.3. The van der Waals surface area contributed by atoms with Crippen LogP contribution >= 0.6 is 0 Å². The summed E-state index contributed by atoms with van der Waals surface area (Å²) in [5.74, 6) is -2.49. The highest BCUT2D eigenvalue weighted by Gasteiger charge is 2.47. The van der Waals surface area contributed by atoms with Gasteiger partial charge in [-0.25, -0.2) is 11.4 Å². The average Bonchev–Trinajstić information content (AvgIpc) is 1.12. The van der Waals surface area contributed by atoms with Crippen LogP contribution in [0.3, 0.4) is 0 Å². The lowest BCUT2D eigenvalue weighted by molar-refractivity contribution is -0.192. The van der Waals surface area contributed by atoms with E-state index in [2.05, 4.69) is 50.7 Å². The van der Waals surface area contributed by atoms with Gasteiger partial charge in [-0.15, -0.1) is 0 Å². The summed E-state index contributed by atoms with van der Waals surface area (Å²) in [6.45, 7) is 8.44. The Morgan fingerprint density at radius 2 is 0.959 bits per heavy atom. The third-order valence-corrected chi connectivity index (χ3v) is 13.3. The van der Waals surface area contributed by atoms with Gasteiger partial charge in [0.25, 0.3) is 0 Å². The number of carboxylic acids is 1. The van der Waals surface area contributed by atoms with E-state index in [1.807, 2.05) is 66.7 Å². The van der Waals surface area contributed by atoms with Crippen LogP contribution in [-0.2, 0) is 58.4 Å². The highest BCUT2D eigenvalue weighted by molar-refractivity contribution is 5.91. The second-order valence-corrected chi connectivity index (χ2v) is 20.0. The van der Waals surface area contributed by atoms with Crippen molar-refractivity contribution in [3.05, 3.63) is 263 Å². The van der Waals surface area contributed by atoms with Crippen LogP contribution in [0.2, 0.25) is 0 Å². The van der Waals surface area contributed by atoms with E-state index in [0.29, 0.717) is 76.5 Å². The first kappa shape index (κ1) is 72.3. The van der Waals surface area contributed by atoms with Gasteiger partial charge in [-0.2, -0.15) is 26.3 Å². The van der Waals surface area contributed by atoms with E-state index in [9.17, 15) is 45.5 Å². The van der Waals surface area contributed by atoms with Crippen LogP contribution in [0.15, 0.2) is 202 Å². The van der Waals surface area contributed by atoms with Crippen molar-refractivity contribution >= 4 is 30.0 Å². The normalized spacial score (nSPS) is 12.3. The van der Waals surface area contributed by atoms with Crippen LogP contribution in [0.1, 0.15) is 66.9 Å². The topological polar surface area (TPSA) is 308 Å². The molecule has 0 radical (unpaired) electrons. The maximum Gasteiger partial charge on any atom is 0.490 e. The zero-order chi connectivity index (χ0) is 69.4. The van der Waals surface area contributed by atoms with Crippen molar-refractivity contribution in [1.82, 2.24) is 50.8 Å². The van der Waals surface area contributed by atoms with Crippen LogP contribution in [0.4, 0.5) is 26.3 Å². The number of rotatable bonds is 17. The number of carbonyl (C=O) groups excluding carboxylic acids is 4. The Hall–Kier alpha value is -12.1. The minimum absolute atomic E-state index is 0.0109. The first-order valence-electron chi connectivity index (χ1n) is 28.8. The van der Waals surface area contributed by atoms with E-state index >= 15 is 0 Å². The molecule has 6 aromatic heterocycles. The minimum Gasteiger partial charge on any atom is -0.475 e. The maximum atomic E-state index is 13.6. The van der Waals surface area contributed by atoms with Crippen LogP contribution < -0.4 is 50.1 Å². The van der Waals surface area contributed by atoms with Gasteiger partial charge in [-0.3, -0.25) is 54.4 Å². The summed E-state index contributed by atoms with van der Waals surface area (Å²) in [6.07, 6.45) is 10.1. The second-order valence-electron chi connectivity index (χ2n) is 20.0. The number of amides is 3. The molecule has 9 aromatic rings. The molecule has 0 spiro atoms. The number of carboxylic acid groups (broad SMARTS) is 1. The molecule has 3 aromatic carbocycles. The summed E-state index contributed by atoms with van der Waals surface area (Å²) in [5, 5.41) is 16.0. The average molecular weight is 1340 g/mol. The smallest absolute Gasteiger partial charge is 0.475 e. The molecule has 0 saturated heterocycles. The summed E-state index contributed by atoms with van der Waals surface area (Å²) < 4.78 is 104. The van der Waals surface area contributed by atoms with Crippen molar-refractivity contribution < 1.29 is 83.8 Å². The van der Waals surface area contributed by atoms with Gasteiger partial charge in [0.05, 0.1) is 0 Å². The van der Waals surface area contributed by atoms with Crippen LogP contribution in [0, 0.1) is 6.57 Å². The number of benzene rings is 3. The summed E-state index contributed by atoms with van der Waals surface area (Å²) >= 11 is 0. The molecule has 3 aliphatic rings. The summed E-state index contributed by atoms with van der Waals surface area (Å²) in [5.41, 5.74) is 12.0. The number of halogens is 6. The van der Waals surface area contributed by atoms with Crippen molar-refractivity contribution in [2.45, 2.75) is 63.7 Å². The highest BCUT2D eigenvalue weighted by atomic mass is 19.4. The summed E-state index contributed by atoms with van der Waals surface area (Å²) in [7, 11) is 0. The largest absolute Gasteiger partial charge is 0.490 e. The fraction of sp³-hybridized carbons (Fsp3) is 0.194. The molecule has 0 saturated carbocycles. The van der Waals surface area contributed by atoms with Crippen molar-refractivity contribution in [2.75, 3.05) is 20.4 Å². The van der Waals surface area contributed by atoms with Crippen molar-refractivity contribution in [3.8, 4) is 34.5 Å². The molecule has 0 aliphatic carbocycles. The summed E-state index contributed by atoms with van der Waals surface area (Å²) in [4.78, 5) is 85.3.